The molecule has 1 saturated heterocycles. The molecule has 1 aliphatic heterocycles. The Morgan fingerprint density at radius 1 is 1.36 bits per heavy atom. The Morgan fingerprint density at radius 3 is 2.71 bits per heavy atom. The Morgan fingerprint density at radius 2 is 2.07 bits per heavy atom. The Balaban J connectivity index is 1.96. The van der Waals surface area contributed by atoms with E-state index in [9.17, 15) is 18.0 Å². The van der Waals surface area contributed by atoms with E-state index in [4.69, 9.17) is 0 Å². The number of carbonyl (C=O) groups excluding carboxylic acids is 1. The monoisotopic (exact) mass is 404 g/mol. The number of likely N-dealkylation sites (tertiary alicyclic amines) is 1. The van der Waals surface area contributed by atoms with Gasteiger partial charge in [-0.1, -0.05) is 19.1 Å². The van der Waals surface area contributed by atoms with Gasteiger partial charge in [-0.3, -0.25) is 14.3 Å². The molecule has 0 spiro atoms. The summed E-state index contributed by atoms with van der Waals surface area (Å²) in [4.78, 5) is 34.5. The highest BCUT2D eigenvalue weighted by Crippen LogP contribution is 2.32. The van der Waals surface area contributed by atoms with Crippen molar-refractivity contribution in [1.82, 2.24) is 14.9 Å². The molecule has 1 aliphatic rings. The maximum atomic E-state index is 13.2. The average molecular weight is 404 g/mol. The highest BCUT2D eigenvalue weighted by Gasteiger charge is 2.33. The second-order valence-electron chi connectivity index (χ2n) is 6.95. The van der Waals surface area contributed by atoms with Crippen molar-refractivity contribution >= 4 is 21.6 Å². The highest BCUT2D eigenvalue weighted by molar-refractivity contribution is 7.92. The molecule has 150 valence electrons. The maximum absolute atomic E-state index is 13.2. The number of H-pyrrole nitrogens is 1. The Hall–Kier alpha value is -2.68. The zero-order chi connectivity index (χ0) is 20.5. The molecular weight excluding hydrogens is 380 g/mol. The molecule has 0 saturated carbocycles. The number of aromatic amines is 1. The summed E-state index contributed by atoms with van der Waals surface area (Å²) < 4.78 is 25.7. The molecular formula is C19H24N4O4S. The molecule has 1 aromatic heterocycles. The Labute approximate surface area is 164 Å². The van der Waals surface area contributed by atoms with Crippen LogP contribution < -0.4 is 10.3 Å². The second-order valence-corrected chi connectivity index (χ2v) is 8.69. The summed E-state index contributed by atoms with van der Waals surface area (Å²) in [5.74, 6) is 0.174. The van der Waals surface area contributed by atoms with E-state index >= 15 is 0 Å². The molecule has 1 atom stereocenters. The molecule has 0 unspecified atom stereocenters. The van der Waals surface area contributed by atoms with Gasteiger partial charge in [0.2, 0.25) is 10.0 Å². The van der Waals surface area contributed by atoms with Gasteiger partial charge in [0, 0.05) is 17.8 Å². The molecule has 8 nitrogen and oxygen atoms in total. The van der Waals surface area contributed by atoms with Crippen molar-refractivity contribution in [3.05, 3.63) is 57.3 Å². The largest absolute Gasteiger partial charge is 0.328 e. The molecule has 2 N–H and O–H groups in total. The van der Waals surface area contributed by atoms with Crippen molar-refractivity contribution in [1.29, 1.82) is 0 Å². The van der Waals surface area contributed by atoms with E-state index in [1.54, 1.807) is 36.1 Å². The van der Waals surface area contributed by atoms with Crippen LogP contribution in [0.2, 0.25) is 0 Å². The fraction of sp³-hybridized carbons (Fsp3) is 0.421. The van der Waals surface area contributed by atoms with Crippen molar-refractivity contribution in [2.45, 2.75) is 39.2 Å². The topological polar surface area (TPSA) is 112 Å². The Bertz CT molecular complexity index is 1060. The fourth-order valence-electron chi connectivity index (χ4n) is 3.61. The quantitative estimate of drug-likeness (QED) is 0.791. The number of carbonyl (C=O) groups is 1. The van der Waals surface area contributed by atoms with Gasteiger partial charge in [-0.05, 0) is 38.3 Å². The van der Waals surface area contributed by atoms with Crippen LogP contribution in [0.4, 0.5) is 5.69 Å². The van der Waals surface area contributed by atoms with Gasteiger partial charge < -0.3 is 9.88 Å². The summed E-state index contributed by atoms with van der Waals surface area (Å²) in [5.41, 5.74) is 1.63. The van der Waals surface area contributed by atoms with E-state index in [2.05, 4.69) is 14.7 Å². The van der Waals surface area contributed by atoms with E-state index in [-0.39, 0.29) is 28.8 Å². The normalized spacial score (nSPS) is 17.0. The van der Waals surface area contributed by atoms with E-state index in [1.165, 1.54) is 0 Å². The number of hydrogen-bond acceptors (Lipinski definition) is 5. The standard InChI is InChI=1S/C19H24N4O4S/c1-4-13-12(2)20-17(21-18(13)24)16-10-7-11-23(16)19(25)14-8-5-6-9-15(14)22-28(3,26)27/h5-6,8-9,16,22H,4,7,10-11H2,1-3H3,(H,20,21,24)/t16-/m1/s1. The molecule has 1 amide bonds. The van der Waals surface area contributed by atoms with Crippen molar-refractivity contribution in [2.24, 2.45) is 0 Å². The first kappa shape index (κ1) is 20.1. The van der Waals surface area contributed by atoms with Crippen LogP contribution in [0.3, 0.4) is 0 Å². The van der Waals surface area contributed by atoms with Crippen molar-refractivity contribution in [3.8, 4) is 0 Å². The number of nitrogens with zero attached hydrogens (tertiary/aromatic N) is 2. The predicted molar refractivity (Wildman–Crippen MR) is 107 cm³/mol. The third-order valence-corrected chi connectivity index (χ3v) is 5.47. The SMILES string of the molecule is CCc1c(C)nc([C@H]2CCCN2C(=O)c2ccccc2NS(C)(=O)=O)[nH]c1=O. The summed E-state index contributed by atoms with van der Waals surface area (Å²) in [5, 5.41) is 0. The lowest BCUT2D eigenvalue weighted by atomic mass is 10.1. The van der Waals surface area contributed by atoms with Crippen LogP contribution >= 0.6 is 0 Å². The van der Waals surface area contributed by atoms with Gasteiger partial charge in [0.1, 0.15) is 5.82 Å². The van der Waals surface area contributed by atoms with Gasteiger partial charge in [0.25, 0.3) is 11.5 Å². The molecule has 9 heteroatoms. The molecule has 0 radical (unpaired) electrons. The fourth-order valence-corrected chi connectivity index (χ4v) is 4.19. The second kappa shape index (κ2) is 7.75. The first-order valence-electron chi connectivity index (χ1n) is 9.18. The minimum Gasteiger partial charge on any atom is -0.328 e. The summed E-state index contributed by atoms with van der Waals surface area (Å²) in [7, 11) is -3.52. The van der Waals surface area contributed by atoms with Gasteiger partial charge in [-0.25, -0.2) is 13.4 Å². The number of benzene rings is 1. The van der Waals surface area contributed by atoms with Crippen LogP contribution in [0.25, 0.3) is 0 Å². The molecule has 2 aromatic rings. The number of rotatable bonds is 5. The number of sulfonamides is 1. The van der Waals surface area contributed by atoms with E-state index in [0.717, 1.165) is 12.7 Å². The van der Waals surface area contributed by atoms with Crippen molar-refractivity contribution < 1.29 is 13.2 Å². The predicted octanol–water partition coefficient (Wildman–Crippen LogP) is 1.99. The van der Waals surface area contributed by atoms with Crippen LogP contribution in [-0.2, 0) is 16.4 Å². The summed E-state index contributed by atoms with van der Waals surface area (Å²) >= 11 is 0. The number of aryl methyl sites for hydroxylation is 1. The van der Waals surface area contributed by atoms with Crippen molar-refractivity contribution in [2.75, 3.05) is 17.5 Å². The van der Waals surface area contributed by atoms with Gasteiger partial charge in [-0.2, -0.15) is 0 Å². The van der Waals surface area contributed by atoms with Crippen LogP contribution in [0.1, 0.15) is 53.2 Å². The number of para-hydroxylation sites is 1. The van der Waals surface area contributed by atoms with Gasteiger partial charge in [0.05, 0.1) is 23.5 Å². The number of nitrogens with one attached hydrogen (secondary N) is 2. The minimum atomic E-state index is -3.52. The maximum Gasteiger partial charge on any atom is 0.256 e. The van der Waals surface area contributed by atoms with Gasteiger partial charge in [0.15, 0.2) is 0 Å². The lowest BCUT2D eigenvalue weighted by Crippen LogP contribution is -2.33. The van der Waals surface area contributed by atoms with Crippen molar-refractivity contribution in [3.63, 3.8) is 0 Å². The summed E-state index contributed by atoms with van der Waals surface area (Å²) in [6.45, 7) is 4.20. The van der Waals surface area contributed by atoms with E-state index < -0.39 is 10.0 Å². The summed E-state index contributed by atoms with van der Waals surface area (Å²) in [6, 6.07) is 6.15. The Kier molecular flexibility index (Phi) is 5.55. The van der Waals surface area contributed by atoms with Crippen LogP contribution in [0.15, 0.2) is 29.1 Å². The number of aromatic nitrogens is 2. The van der Waals surface area contributed by atoms with E-state index in [0.29, 0.717) is 36.5 Å². The van der Waals surface area contributed by atoms with Crippen LogP contribution in [0, 0.1) is 6.92 Å². The van der Waals surface area contributed by atoms with E-state index in [1.807, 2.05) is 6.92 Å². The third-order valence-electron chi connectivity index (χ3n) is 4.88. The number of hydrogen-bond donors (Lipinski definition) is 2. The number of amides is 1. The smallest absolute Gasteiger partial charge is 0.256 e. The number of anilines is 1. The average Bonchev–Trinajstić information content (AvgIpc) is 3.09. The molecule has 3 rings (SSSR count). The van der Waals surface area contributed by atoms with Gasteiger partial charge >= 0.3 is 0 Å². The lowest BCUT2D eigenvalue weighted by molar-refractivity contribution is 0.0730. The highest BCUT2D eigenvalue weighted by atomic mass is 32.2. The zero-order valence-electron chi connectivity index (χ0n) is 16.2. The lowest BCUT2D eigenvalue weighted by Gasteiger charge is -2.25. The molecule has 1 fully saturated rings. The summed E-state index contributed by atoms with van der Waals surface area (Å²) in [6.07, 6.45) is 3.09. The third kappa shape index (κ3) is 4.09. The molecule has 0 bridgehead atoms. The first-order chi connectivity index (χ1) is 13.2. The minimum absolute atomic E-state index is 0.177. The first-order valence-corrected chi connectivity index (χ1v) is 11.1. The van der Waals surface area contributed by atoms with Crippen LogP contribution in [0.5, 0.6) is 0 Å². The zero-order valence-corrected chi connectivity index (χ0v) is 17.0. The molecule has 0 aliphatic carbocycles. The molecule has 2 heterocycles. The molecule has 28 heavy (non-hydrogen) atoms. The van der Waals surface area contributed by atoms with Crippen LogP contribution in [-0.4, -0.2) is 42.0 Å². The molecule has 1 aromatic carbocycles. The van der Waals surface area contributed by atoms with Gasteiger partial charge in [-0.15, -0.1) is 0 Å².